The number of hydrogen-bond donors (Lipinski definition) is 0. The molecular formula is C13H9ClN2O2. The molecule has 0 bridgehead atoms. The summed E-state index contributed by atoms with van der Waals surface area (Å²) in [4.78, 5) is 11.6. The molecule has 0 radical (unpaired) electrons. The number of benzene rings is 1. The fourth-order valence-corrected chi connectivity index (χ4v) is 2.49. The second-order valence-corrected chi connectivity index (χ2v) is 4.56. The number of nitrogens with zero attached hydrogens (tertiary/aromatic N) is 2. The average Bonchev–Trinajstić information content (AvgIpc) is 3.07. The van der Waals surface area contributed by atoms with Crippen molar-refractivity contribution in [1.82, 2.24) is 0 Å². The van der Waals surface area contributed by atoms with Crippen LogP contribution in [-0.2, 0) is 9.53 Å². The van der Waals surface area contributed by atoms with Gasteiger partial charge in [-0.15, -0.1) is 0 Å². The molecule has 1 fully saturated rings. The zero-order chi connectivity index (χ0) is 13.3. The van der Waals surface area contributed by atoms with Gasteiger partial charge in [-0.3, -0.25) is 4.79 Å². The zero-order valence-electron chi connectivity index (χ0n) is 9.55. The van der Waals surface area contributed by atoms with Gasteiger partial charge in [-0.2, -0.15) is 10.5 Å². The fourth-order valence-electron chi connectivity index (χ4n) is 2.30. The van der Waals surface area contributed by atoms with E-state index >= 15 is 0 Å². The Kier molecular flexibility index (Phi) is 2.98. The normalized spacial score (nSPS) is 23.6. The van der Waals surface area contributed by atoms with Crippen molar-refractivity contribution < 1.29 is 9.53 Å². The van der Waals surface area contributed by atoms with Gasteiger partial charge in [-0.05, 0) is 17.7 Å². The molecule has 2 atom stereocenters. The summed E-state index contributed by atoms with van der Waals surface area (Å²) >= 11 is 5.88. The number of rotatable bonds is 2. The van der Waals surface area contributed by atoms with Crippen LogP contribution in [0.1, 0.15) is 11.5 Å². The van der Waals surface area contributed by atoms with E-state index in [1.165, 1.54) is 7.11 Å². The van der Waals surface area contributed by atoms with Crippen LogP contribution in [0, 0.1) is 34.0 Å². The summed E-state index contributed by atoms with van der Waals surface area (Å²) in [5.41, 5.74) is -0.626. The molecule has 4 nitrogen and oxygen atoms in total. The third-order valence-corrected chi connectivity index (χ3v) is 3.47. The Bertz CT molecular complexity index is 571. The Labute approximate surface area is 109 Å². The topological polar surface area (TPSA) is 73.9 Å². The summed E-state index contributed by atoms with van der Waals surface area (Å²) in [6.07, 6.45) is 0. The van der Waals surface area contributed by atoms with E-state index in [1.54, 1.807) is 24.3 Å². The van der Waals surface area contributed by atoms with Crippen LogP contribution < -0.4 is 0 Å². The highest BCUT2D eigenvalue weighted by Crippen LogP contribution is 2.64. The lowest BCUT2D eigenvalue weighted by atomic mass is 10.0. The Morgan fingerprint density at radius 3 is 2.61 bits per heavy atom. The smallest absolute Gasteiger partial charge is 0.312 e. The van der Waals surface area contributed by atoms with Gasteiger partial charge in [0.25, 0.3) is 0 Å². The molecule has 90 valence electrons. The molecular weight excluding hydrogens is 252 g/mol. The number of methoxy groups -OCH3 is 1. The Hall–Kier alpha value is -2.04. The minimum atomic E-state index is -1.34. The summed E-state index contributed by atoms with van der Waals surface area (Å²) in [5.74, 6) is -1.75. The van der Waals surface area contributed by atoms with Crippen molar-refractivity contribution in [3.8, 4) is 12.1 Å². The number of halogens is 1. The molecule has 1 aromatic carbocycles. The maximum Gasteiger partial charge on any atom is 0.312 e. The van der Waals surface area contributed by atoms with Gasteiger partial charge in [0.15, 0.2) is 5.41 Å². The molecule has 0 amide bonds. The van der Waals surface area contributed by atoms with Gasteiger partial charge in [0.05, 0.1) is 25.2 Å². The largest absolute Gasteiger partial charge is 0.469 e. The highest BCUT2D eigenvalue weighted by molar-refractivity contribution is 6.30. The van der Waals surface area contributed by atoms with E-state index in [0.29, 0.717) is 10.6 Å². The van der Waals surface area contributed by atoms with E-state index < -0.39 is 23.2 Å². The van der Waals surface area contributed by atoms with Crippen molar-refractivity contribution >= 4 is 17.6 Å². The Morgan fingerprint density at radius 1 is 1.44 bits per heavy atom. The first-order valence-corrected chi connectivity index (χ1v) is 5.64. The molecule has 0 spiro atoms. The van der Waals surface area contributed by atoms with Crippen LogP contribution in [0.15, 0.2) is 24.3 Å². The van der Waals surface area contributed by atoms with Gasteiger partial charge in [-0.1, -0.05) is 23.7 Å². The van der Waals surface area contributed by atoms with Crippen LogP contribution in [0.5, 0.6) is 0 Å². The standard InChI is InChI=1S/C13H9ClN2O2/c1-18-12(17)11-10(13(11,6-15)7-16)8-3-2-4-9(14)5-8/h2-5,10-11H,1H3/t10-,11-/m0/s1. The van der Waals surface area contributed by atoms with Crippen LogP contribution >= 0.6 is 11.6 Å². The van der Waals surface area contributed by atoms with Gasteiger partial charge in [-0.25, -0.2) is 0 Å². The number of carbonyl (C=O) groups is 1. The Morgan fingerprint density at radius 2 is 2.11 bits per heavy atom. The minimum absolute atomic E-state index is 0.473. The molecule has 18 heavy (non-hydrogen) atoms. The lowest BCUT2D eigenvalue weighted by molar-refractivity contribution is -0.142. The molecule has 0 N–H and O–H groups in total. The van der Waals surface area contributed by atoms with Crippen LogP contribution in [-0.4, -0.2) is 13.1 Å². The first-order valence-electron chi connectivity index (χ1n) is 5.26. The van der Waals surface area contributed by atoms with Gasteiger partial charge in [0.1, 0.15) is 0 Å². The van der Waals surface area contributed by atoms with Crippen molar-refractivity contribution in [3.63, 3.8) is 0 Å². The van der Waals surface area contributed by atoms with E-state index in [1.807, 2.05) is 12.1 Å². The fraction of sp³-hybridized carbons (Fsp3) is 0.308. The average molecular weight is 261 g/mol. The second-order valence-electron chi connectivity index (χ2n) is 4.13. The summed E-state index contributed by atoms with van der Waals surface area (Å²) in [6.45, 7) is 0. The van der Waals surface area contributed by atoms with Crippen LogP contribution in [0.4, 0.5) is 0 Å². The monoisotopic (exact) mass is 260 g/mol. The first-order chi connectivity index (χ1) is 8.60. The molecule has 2 rings (SSSR count). The second kappa shape index (κ2) is 4.33. The maximum atomic E-state index is 11.6. The lowest BCUT2D eigenvalue weighted by Gasteiger charge is -1.99. The van der Waals surface area contributed by atoms with E-state index in [0.717, 1.165) is 0 Å². The third-order valence-electron chi connectivity index (χ3n) is 3.24. The summed E-state index contributed by atoms with van der Waals surface area (Å²) < 4.78 is 4.64. The number of esters is 1. The number of carbonyl (C=O) groups excluding carboxylic acids is 1. The van der Waals surface area contributed by atoms with E-state index in [2.05, 4.69) is 4.74 Å². The summed E-state index contributed by atoms with van der Waals surface area (Å²) in [6, 6.07) is 10.7. The quantitative estimate of drug-likeness (QED) is 0.765. The molecule has 1 aliphatic carbocycles. The Balaban J connectivity index is 2.43. The molecule has 1 aliphatic rings. The van der Waals surface area contributed by atoms with Crippen LogP contribution in [0.25, 0.3) is 0 Å². The lowest BCUT2D eigenvalue weighted by Crippen LogP contribution is -2.09. The third kappa shape index (κ3) is 1.63. The van der Waals surface area contributed by atoms with Gasteiger partial charge >= 0.3 is 5.97 Å². The molecule has 1 saturated carbocycles. The van der Waals surface area contributed by atoms with Gasteiger partial charge in [0.2, 0.25) is 0 Å². The first kappa shape index (κ1) is 12.4. The van der Waals surface area contributed by atoms with E-state index in [4.69, 9.17) is 22.1 Å². The SMILES string of the molecule is COC(=O)[C@@H]1[C@H](c2cccc(Cl)c2)C1(C#N)C#N. The summed E-state index contributed by atoms with van der Waals surface area (Å²) in [7, 11) is 1.25. The zero-order valence-corrected chi connectivity index (χ0v) is 10.3. The van der Waals surface area contributed by atoms with Crippen molar-refractivity contribution in [2.75, 3.05) is 7.11 Å². The molecule has 0 saturated heterocycles. The number of ether oxygens (including phenoxy) is 1. The molecule has 1 aromatic rings. The molecule has 0 unspecified atom stereocenters. The van der Waals surface area contributed by atoms with E-state index in [-0.39, 0.29) is 0 Å². The van der Waals surface area contributed by atoms with Crippen LogP contribution in [0.2, 0.25) is 5.02 Å². The molecule has 0 aromatic heterocycles. The van der Waals surface area contributed by atoms with Gasteiger partial charge in [0, 0.05) is 10.9 Å². The highest BCUT2D eigenvalue weighted by Gasteiger charge is 2.71. The van der Waals surface area contributed by atoms with Crippen molar-refractivity contribution in [1.29, 1.82) is 10.5 Å². The maximum absolute atomic E-state index is 11.6. The molecule has 0 aliphatic heterocycles. The molecule has 5 heteroatoms. The summed E-state index contributed by atoms with van der Waals surface area (Å²) in [5, 5.41) is 18.8. The van der Waals surface area contributed by atoms with Gasteiger partial charge < -0.3 is 4.74 Å². The number of nitriles is 2. The number of hydrogen-bond acceptors (Lipinski definition) is 4. The highest BCUT2D eigenvalue weighted by atomic mass is 35.5. The molecule has 0 heterocycles. The predicted molar refractivity (Wildman–Crippen MR) is 63.4 cm³/mol. The predicted octanol–water partition coefficient (Wildman–Crippen LogP) is 2.26. The van der Waals surface area contributed by atoms with Crippen molar-refractivity contribution in [2.24, 2.45) is 11.3 Å². The minimum Gasteiger partial charge on any atom is -0.469 e. The van der Waals surface area contributed by atoms with Crippen molar-refractivity contribution in [2.45, 2.75) is 5.92 Å². The van der Waals surface area contributed by atoms with Crippen molar-refractivity contribution in [3.05, 3.63) is 34.9 Å². The van der Waals surface area contributed by atoms with Crippen LogP contribution in [0.3, 0.4) is 0 Å². The van der Waals surface area contributed by atoms with E-state index in [9.17, 15) is 4.79 Å².